The number of rotatable bonds is 5. The Morgan fingerprint density at radius 2 is 1.89 bits per heavy atom. The van der Waals surface area contributed by atoms with E-state index in [4.69, 9.17) is 5.73 Å². The highest BCUT2D eigenvalue weighted by Crippen LogP contribution is 2.54. The molecule has 0 aliphatic heterocycles. The summed E-state index contributed by atoms with van der Waals surface area (Å²) in [5.41, 5.74) is 6.57. The fourth-order valence-electron chi connectivity index (χ4n) is 2.88. The Labute approximate surface area is 121 Å². The van der Waals surface area contributed by atoms with E-state index < -0.39 is 0 Å². The smallest absolute Gasteiger partial charge is 0.233 e. The van der Waals surface area contributed by atoms with Crippen molar-refractivity contribution < 1.29 is 17.2 Å². The van der Waals surface area contributed by atoms with Crippen LogP contribution in [0.25, 0.3) is 0 Å². The second-order valence-electron chi connectivity index (χ2n) is 4.95. The van der Waals surface area contributed by atoms with Crippen molar-refractivity contribution in [1.82, 2.24) is 4.90 Å². The summed E-state index contributed by atoms with van der Waals surface area (Å²) in [6.07, 6.45) is 0.892. The molecule has 106 valence electrons. The van der Waals surface area contributed by atoms with Crippen molar-refractivity contribution >= 4 is 5.91 Å². The number of hydrogen-bond acceptors (Lipinski definition) is 2. The van der Waals surface area contributed by atoms with Crippen LogP contribution in [0.5, 0.6) is 0 Å². The highest BCUT2D eigenvalue weighted by atomic mass is 35.5. The largest absolute Gasteiger partial charge is 1.00 e. The van der Waals surface area contributed by atoms with E-state index in [9.17, 15) is 4.79 Å². The van der Waals surface area contributed by atoms with Gasteiger partial charge >= 0.3 is 0 Å². The van der Waals surface area contributed by atoms with Crippen molar-refractivity contribution in [3.8, 4) is 0 Å². The second kappa shape index (κ2) is 6.40. The molecular formula is C15H22ClN2O-. The summed E-state index contributed by atoms with van der Waals surface area (Å²) in [4.78, 5) is 14.6. The number of amides is 1. The zero-order valence-corrected chi connectivity index (χ0v) is 12.4. The van der Waals surface area contributed by atoms with Crippen LogP contribution in [0.4, 0.5) is 0 Å². The first kappa shape index (κ1) is 16.0. The summed E-state index contributed by atoms with van der Waals surface area (Å²) >= 11 is 0. The van der Waals surface area contributed by atoms with Gasteiger partial charge in [-0.2, -0.15) is 0 Å². The summed E-state index contributed by atoms with van der Waals surface area (Å²) in [6, 6.07) is 10.1. The van der Waals surface area contributed by atoms with Gasteiger partial charge in [0.25, 0.3) is 0 Å². The molecular weight excluding hydrogens is 260 g/mol. The summed E-state index contributed by atoms with van der Waals surface area (Å²) in [5, 5.41) is 0. The molecule has 4 heteroatoms. The summed E-state index contributed by atoms with van der Waals surface area (Å²) in [6.45, 7) is 6.17. The minimum Gasteiger partial charge on any atom is -1.00 e. The highest BCUT2D eigenvalue weighted by Gasteiger charge is 2.61. The lowest BCUT2D eigenvalue weighted by molar-refractivity contribution is -0.134. The number of halogens is 1. The van der Waals surface area contributed by atoms with Crippen LogP contribution in [0.1, 0.15) is 25.8 Å². The minimum absolute atomic E-state index is 0. The van der Waals surface area contributed by atoms with Crippen molar-refractivity contribution in [2.24, 2.45) is 11.7 Å². The van der Waals surface area contributed by atoms with E-state index in [1.54, 1.807) is 0 Å². The standard InChI is InChI=1S/C15H22N2O.ClH/c1-3-17(4-2)14(18)15(10-13(15)11-16)12-8-6-5-7-9-12;/h5-9,13H,3-4,10-11,16H2,1-2H3;1H/p-1/t13-,15+;/m1./s1. The van der Waals surface area contributed by atoms with Gasteiger partial charge in [0, 0.05) is 13.1 Å². The van der Waals surface area contributed by atoms with E-state index in [-0.39, 0.29) is 23.7 Å². The monoisotopic (exact) mass is 281 g/mol. The maximum absolute atomic E-state index is 12.7. The van der Waals surface area contributed by atoms with Gasteiger partial charge in [0.05, 0.1) is 5.41 Å². The lowest BCUT2D eigenvalue weighted by Crippen LogP contribution is -3.00. The Kier molecular flexibility index (Phi) is 5.39. The van der Waals surface area contributed by atoms with Crippen LogP contribution in [-0.4, -0.2) is 30.4 Å². The molecule has 1 aliphatic carbocycles. The van der Waals surface area contributed by atoms with Crippen LogP contribution >= 0.6 is 0 Å². The number of nitrogens with two attached hydrogens (primary N) is 1. The van der Waals surface area contributed by atoms with Crippen molar-refractivity contribution in [3.05, 3.63) is 35.9 Å². The molecule has 1 aromatic rings. The SMILES string of the molecule is CCN(CC)C(=O)[C@]1(c2ccccc2)C[C@@H]1CN.[Cl-]. The van der Waals surface area contributed by atoms with Gasteiger partial charge in [-0.1, -0.05) is 30.3 Å². The number of carbonyl (C=O) groups is 1. The summed E-state index contributed by atoms with van der Waals surface area (Å²) in [7, 11) is 0. The van der Waals surface area contributed by atoms with Crippen molar-refractivity contribution in [1.29, 1.82) is 0 Å². The molecule has 1 aliphatic rings. The molecule has 0 aromatic heterocycles. The summed E-state index contributed by atoms with van der Waals surface area (Å²) < 4.78 is 0. The molecule has 0 unspecified atom stereocenters. The van der Waals surface area contributed by atoms with Crippen LogP contribution < -0.4 is 18.1 Å². The fraction of sp³-hybridized carbons (Fsp3) is 0.533. The van der Waals surface area contributed by atoms with Gasteiger partial charge < -0.3 is 23.0 Å². The average molecular weight is 282 g/mol. The van der Waals surface area contributed by atoms with Crippen LogP contribution in [0, 0.1) is 5.92 Å². The van der Waals surface area contributed by atoms with Crippen LogP contribution in [0.2, 0.25) is 0 Å². The van der Waals surface area contributed by atoms with Gasteiger partial charge in [0.2, 0.25) is 5.91 Å². The third-order valence-electron chi connectivity index (χ3n) is 4.11. The first-order valence-electron chi connectivity index (χ1n) is 6.75. The maximum atomic E-state index is 12.7. The fourth-order valence-corrected chi connectivity index (χ4v) is 2.88. The molecule has 0 saturated heterocycles. The molecule has 19 heavy (non-hydrogen) atoms. The van der Waals surface area contributed by atoms with E-state index in [0.29, 0.717) is 12.5 Å². The molecule has 0 heterocycles. The number of hydrogen-bond donors (Lipinski definition) is 1. The quantitative estimate of drug-likeness (QED) is 0.735. The predicted molar refractivity (Wildman–Crippen MR) is 73.2 cm³/mol. The number of carbonyl (C=O) groups excluding carboxylic acids is 1. The van der Waals surface area contributed by atoms with E-state index in [1.165, 1.54) is 0 Å². The van der Waals surface area contributed by atoms with Crippen molar-refractivity contribution in [2.75, 3.05) is 19.6 Å². The van der Waals surface area contributed by atoms with E-state index in [2.05, 4.69) is 12.1 Å². The highest BCUT2D eigenvalue weighted by molar-refractivity contribution is 5.92. The zero-order chi connectivity index (χ0) is 13.2. The molecule has 2 N–H and O–H groups in total. The normalized spacial score (nSPS) is 24.5. The van der Waals surface area contributed by atoms with Crippen LogP contribution in [0.15, 0.2) is 30.3 Å². The van der Waals surface area contributed by atoms with Crippen LogP contribution in [0.3, 0.4) is 0 Å². The number of nitrogens with zero attached hydrogens (tertiary/aromatic N) is 1. The number of benzene rings is 1. The first-order valence-corrected chi connectivity index (χ1v) is 6.75. The Balaban J connectivity index is 0.00000180. The molecule has 3 nitrogen and oxygen atoms in total. The van der Waals surface area contributed by atoms with Crippen LogP contribution in [-0.2, 0) is 10.2 Å². The van der Waals surface area contributed by atoms with Gasteiger partial charge in [0.1, 0.15) is 0 Å². The Bertz CT molecular complexity index is 419. The van der Waals surface area contributed by atoms with Gasteiger partial charge in [-0.15, -0.1) is 0 Å². The predicted octanol–water partition coefficient (Wildman–Crippen LogP) is -1.22. The third kappa shape index (κ3) is 2.63. The lowest BCUT2D eigenvalue weighted by Gasteiger charge is -2.26. The van der Waals surface area contributed by atoms with Gasteiger partial charge in [-0.3, -0.25) is 4.79 Å². The van der Waals surface area contributed by atoms with Crippen molar-refractivity contribution in [2.45, 2.75) is 25.7 Å². The molecule has 1 amide bonds. The molecule has 2 atom stereocenters. The second-order valence-corrected chi connectivity index (χ2v) is 4.95. The molecule has 1 fully saturated rings. The van der Waals surface area contributed by atoms with Gasteiger partial charge in [-0.05, 0) is 38.3 Å². The van der Waals surface area contributed by atoms with E-state index in [1.807, 2.05) is 36.9 Å². The molecule has 0 spiro atoms. The first-order chi connectivity index (χ1) is 8.70. The number of likely N-dealkylation sites (N-methyl/N-ethyl adjacent to an activating group) is 1. The maximum Gasteiger partial charge on any atom is 0.233 e. The molecule has 1 aromatic carbocycles. The average Bonchev–Trinajstić information content (AvgIpc) is 3.17. The Morgan fingerprint density at radius 1 is 1.32 bits per heavy atom. The molecule has 0 radical (unpaired) electrons. The summed E-state index contributed by atoms with van der Waals surface area (Å²) in [5.74, 6) is 0.544. The third-order valence-corrected chi connectivity index (χ3v) is 4.11. The molecule has 0 bridgehead atoms. The minimum atomic E-state index is -0.345. The van der Waals surface area contributed by atoms with Gasteiger partial charge in [-0.25, -0.2) is 0 Å². The van der Waals surface area contributed by atoms with Crippen molar-refractivity contribution in [3.63, 3.8) is 0 Å². The topological polar surface area (TPSA) is 46.3 Å². The Morgan fingerprint density at radius 3 is 2.32 bits per heavy atom. The zero-order valence-electron chi connectivity index (χ0n) is 11.6. The Hall–Kier alpha value is -1.06. The lowest BCUT2D eigenvalue weighted by atomic mass is 9.91. The molecule has 2 rings (SSSR count). The van der Waals surface area contributed by atoms with E-state index >= 15 is 0 Å². The molecule has 1 saturated carbocycles. The van der Waals surface area contributed by atoms with Gasteiger partial charge in [0.15, 0.2) is 0 Å². The van der Waals surface area contributed by atoms with E-state index in [0.717, 1.165) is 25.1 Å².